The van der Waals surface area contributed by atoms with Crippen LogP contribution in [0.15, 0.2) is 12.3 Å². The first-order valence-corrected chi connectivity index (χ1v) is 5.57. The molecule has 10 heteroatoms. The average Bonchev–Trinajstić information content (AvgIpc) is 2.37. The molecule has 9 nitrogen and oxygen atoms in total. The standard InChI is InChI=1S/C10H10ClN3O6/c1-20-4-6(10(16)17)13-9(15)5-2-8(11)12-3-7(5)14(18)19/h2-3,6H,4H2,1H3,(H,13,15)(H,16,17). The summed E-state index contributed by atoms with van der Waals surface area (Å²) in [7, 11) is 1.26. The van der Waals surface area contributed by atoms with Crippen LogP contribution >= 0.6 is 11.6 Å². The molecule has 1 atom stereocenters. The monoisotopic (exact) mass is 303 g/mol. The van der Waals surface area contributed by atoms with Gasteiger partial charge in [-0.05, 0) is 6.07 Å². The van der Waals surface area contributed by atoms with Crippen LogP contribution in [0.5, 0.6) is 0 Å². The third kappa shape index (κ3) is 3.87. The first-order valence-electron chi connectivity index (χ1n) is 5.19. The summed E-state index contributed by atoms with van der Waals surface area (Å²) in [5, 5.41) is 21.6. The fourth-order valence-electron chi connectivity index (χ4n) is 1.33. The summed E-state index contributed by atoms with van der Waals surface area (Å²) in [6.45, 7) is -0.284. The van der Waals surface area contributed by atoms with Gasteiger partial charge >= 0.3 is 5.97 Å². The van der Waals surface area contributed by atoms with E-state index in [1.807, 2.05) is 0 Å². The highest BCUT2D eigenvalue weighted by Crippen LogP contribution is 2.20. The van der Waals surface area contributed by atoms with Crippen LogP contribution in [0.1, 0.15) is 10.4 Å². The smallest absolute Gasteiger partial charge is 0.328 e. The molecule has 2 N–H and O–H groups in total. The van der Waals surface area contributed by atoms with Crippen molar-refractivity contribution in [1.29, 1.82) is 0 Å². The number of rotatable bonds is 6. The molecule has 1 aromatic rings. The zero-order chi connectivity index (χ0) is 15.3. The Balaban J connectivity index is 3.05. The quantitative estimate of drug-likeness (QED) is 0.443. The van der Waals surface area contributed by atoms with E-state index in [0.717, 1.165) is 12.3 Å². The molecule has 0 fully saturated rings. The SMILES string of the molecule is COCC(NC(=O)c1cc(Cl)ncc1[N+](=O)[O-])C(=O)O. The third-order valence-corrected chi connectivity index (χ3v) is 2.43. The largest absolute Gasteiger partial charge is 0.480 e. The number of nitro groups is 1. The van der Waals surface area contributed by atoms with Gasteiger partial charge in [0.05, 0.1) is 11.5 Å². The fourth-order valence-corrected chi connectivity index (χ4v) is 1.49. The Bertz CT molecular complexity index is 550. The van der Waals surface area contributed by atoms with Crippen LogP contribution in [-0.2, 0) is 9.53 Å². The van der Waals surface area contributed by atoms with Crippen LogP contribution in [0.25, 0.3) is 0 Å². The van der Waals surface area contributed by atoms with E-state index < -0.39 is 28.5 Å². The Morgan fingerprint density at radius 2 is 2.30 bits per heavy atom. The molecule has 1 aromatic heterocycles. The van der Waals surface area contributed by atoms with Gasteiger partial charge in [-0.15, -0.1) is 0 Å². The van der Waals surface area contributed by atoms with Gasteiger partial charge < -0.3 is 15.2 Å². The minimum atomic E-state index is -1.33. The first kappa shape index (κ1) is 15.8. The minimum absolute atomic E-state index is 0.126. The summed E-state index contributed by atoms with van der Waals surface area (Å²) in [5.74, 6) is -2.28. The fraction of sp³-hybridized carbons (Fsp3) is 0.300. The van der Waals surface area contributed by atoms with E-state index in [0.29, 0.717) is 0 Å². The molecule has 0 radical (unpaired) electrons. The van der Waals surface area contributed by atoms with E-state index in [1.165, 1.54) is 7.11 Å². The highest BCUT2D eigenvalue weighted by molar-refractivity contribution is 6.29. The van der Waals surface area contributed by atoms with Crippen LogP contribution < -0.4 is 5.32 Å². The second kappa shape index (κ2) is 6.78. The topological polar surface area (TPSA) is 132 Å². The molecule has 0 aliphatic heterocycles. The number of hydrogen-bond acceptors (Lipinski definition) is 6. The summed E-state index contributed by atoms with van der Waals surface area (Å²) in [5.41, 5.74) is -0.953. The number of carbonyl (C=O) groups excluding carboxylic acids is 1. The predicted octanol–water partition coefficient (Wildman–Crippen LogP) is 0.473. The van der Waals surface area contributed by atoms with Crippen molar-refractivity contribution in [2.75, 3.05) is 13.7 Å². The van der Waals surface area contributed by atoms with Crippen molar-refractivity contribution in [2.24, 2.45) is 0 Å². The van der Waals surface area contributed by atoms with Crippen LogP contribution in [0, 0.1) is 10.1 Å². The average molecular weight is 304 g/mol. The number of carboxylic acids is 1. The van der Waals surface area contributed by atoms with Crippen molar-refractivity contribution in [1.82, 2.24) is 10.3 Å². The number of nitrogens with zero attached hydrogens (tertiary/aromatic N) is 2. The van der Waals surface area contributed by atoms with Gasteiger partial charge in [-0.2, -0.15) is 0 Å². The van der Waals surface area contributed by atoms with Crippen molar-refractivity contribution in [3.8, 4) is 0 Å². The number of methoxy groups -OCH3 is 1. The van der Waals surface area contributed by atoms with E-state index >= 15 is 0 Å². The van der Waals surface area contributed by atoms with Gasteiger partial charge in [-0.1, -0.05) is 11.6 Å². The van der Waals surface area contributed by atoms with E-state index in [-0.39, 0.29) is 17.3 Å². The molecule has 1 unspecified atom stereocenters. The van der Waals surface area contributed by atoms with Crippen molar-refractivity contribution in [3.63, 3.8) is 0 Å². The van der Waals surface area contributed by atoms with Crippen LogP contribution in [0.4, 0.5) is 5.69 Å². The highest BCUT2D eigenvalue weighted by Gasteiger charge is 2.26. The zero-order valence-corrected chi connectivity index (χ0v) is 11.0. The zero-order valence-electron chi connectivity index (χ0n) is 10.2. The summed E-state index contributed by atoms with van der Waals surface area (Å²) in [6, 6.07) is -0.347. The maximum Gasteiger partial charge on any atom is 0.328 e. The number of amides is 1. The Morgan fingerprint density at radius 1 is 1.65 bits per heavy atom. The molecule has 0 saturated carbocycles. The number of halogens is 1. The van der Waals surface area contributed by atoms with Crippen molar-refractivity contribution in [2.45, 2.75) is 6.04 Å². The van der Waals surface area contributed by atoms with E-state index in [1.54, 1.807) is 0 Å². The number of aliphatic carboxylic acids is 1. The van der Waals surface area contributed by atoms with Crippen molar-refractivity contribution >= 4 is 29.2 Å². The van der Waals surface area contributed by atoms with Crippen molar-refractivity contribution < 1.29 is 24.4 Å². The van der Waals surface area contributed by atoms with Crippen LogP contribution in [0.3, 0.4) is 0 Å². The number of pyridine rings is 1. The predicted molar refractivity (Wildman–Crippen MR) is 66.7 cm³/mol. The van der Waals surface area contributed by atoms with Gasteiger partial charge in [0.2, 0.25) is 0 Å². The second-order valence-electron chi connectivity index (χ2n) is 3.60. The number of nitrogens with one attached hydrogen (secondary N) is 1. The third-order valence-electron chi connectivity index (χ3n) is 2.23. The molecule has 108 valence electrons. The second-order valence-corrected chi connectivity index (χ2v) is 3.99. The van der Waals surface area contributed by atoms with Gasteiger partial charge in [0.1, 0.15) is 16.9 Å². The molecule has 0 aliphatic rings. The van der Waals surface area contributed by atoms with Gasteiger partial charge in [-0.25, -0.2) is 9.78 Å². The van der Waals surface area contributed by atoms with Crippen molar-refractivity contribution in [3.05, 3.63) is 33.1 Å². The van der Waals surface area contributed by atoms with Gasteiger partial charge in [0.15, 0.2) is 6.04 Å². The van der Waals surface area contributed by atoms with E-state index in [9.17, 15) is 19.7 Å². The first-order chi connectivity index (χ1) is 9.36. The molecule has 0 saturated heterocycles. The van der Waals surface area contributed by atoms with Gasteiger partial charge in [0.25, 0.3) is 11.6 Å². The number of carbonyl (C=O) groups is 2. The van der Waals surface area contributed by atoms with Gasteiger partial charge in [0, 0.05) is 7.11 Å². The lowest BCUT2D eigenvalue weighted by Crippen LogP contribution is -2.44. The summed E-state index contributed by atoms with van der Waals surface area (Å²) in [4.78, 5) is 36.2. The molecule has 0 spiro atoms. The minimum Gasteiger partial charge on any atom is -0.480 e. The maximum atomic E-state index is 11.9. The molecule has 20 heavy (non-hydrogen) atoms. The molecular formula is C10H10ClN3O6. The number of carboxylic acid groups (broad SMARTS) is 1. The molecule has 0 bridgehead atoms. The van der Waals surface area contributed by atoms with E-state index in [2.05, 4.69) is 15.0 Å². The lowest BCUT2D eigenvalue weighted by molar-refractivity contribution is -0.385. The summed E-state index contributed by atoms with van der Waals surface area (Å²) < 4.78 is 4.64. The highest BCUT2D eigenvalue weighted by atomic mass is 35.5. The molecular weight excluding hydrogens is 294 g/mol. The maximum absolute atomic E-state index is 11.9. The Kier molecular flexibility index (Phi) is 5.35. The Morgan fingerprint density at radius 3 is 2.80 bits per heavy atom. The molecule has 1 heterocycles. The summed E-state index contributed by atoms with van der Waals surface area (Å²) >= 11 is 5.57. The Labute approximate surface area is 117 Å². The van der Waals surface area contributed by atoms with Crippen LogP contribution in [-0.4, -0.2) is 46.6 Å². The molecule has 0 aromatic carbocycles. The molecule has 0 aliphatic carbocycles. The number of aromatic nitrogens is 1. The molecule has 1 amide bonds. The van der Waals surface area contributed by atoms with E-state index in [4.69, 9.17) is 16.7 Å². The normalized spacial score (nSPS) is 11.7. The molecule has 1 rings (SSSR count). The number of hydrogen-bond donors (Lipinski definition) is 2. The number of ether oxygens (including phenoxy) is 1. The van der Waals surface area contributed by atoms with Gasteiger partial charge in [-0.3, -0.25) is 14.9 Å². The van der Waals surface area contributed by atoms with Crippen LogP contribution in [0.2, 0.25) is 5.15 Å². The Hall–Kier alpha value is -2.26. The lowest BCUT2D eigenvalue weighted by Gasteiger charge is -2.13. The summed E-state index contributed by atoms with van der Waals surface area (Å²) in [6.07, 6.45) is 0.823. The lowest BCUT2D eigenvalue weighted by atomic mass is 10.2.